The van der Waals surface area contributed by atoms with E-state index in [0.717, 1.165) is 18.5 Å². The zero-order valence-corrected chi connectivity index (χ0v) is 14.1. The maximum Gasteiger partial charge on any atom is 0.305 e. The summed E-state index contributed by atoms with van der Waals surface area (Å²) in [6.45, 7) is 2.82. The number of aliphatic carboxylic acids is 1. The molecule has 124 valence electrons. The summed E-state index contributed by atoms with van der Waals surface area (Å²) in [5.41, 5.74) is 0.741. The number of hydrogen-bond donors (Lipinski definition) is 1. The van der Waals surface area contributed by atoms with Gasteiger partial charge in [0.25, 0.3) is 0 Å². The van der Waals surface area contributed by atoms with Gasteiger partial charge >= 0.3 is 5.97 Å². The van der Waals surface area contributed by atoms with Gasteiger partial charge in [-0.05, 0) is 18.6 Å². The molecule has 1 aromatic rings. The Morgan fingerprint density at radius 3 is 2.65 bits per heavy atom. The van der Waals surface area contributed by atoms with Gasteiger partial charge in [-0.1, -0.05) is 56.1 Å². The van der Waals surface area contributed by atoms with Crippen LogP contribution in [-0.4, -0.2) is 33.9 Å². The van der Waals surface area contributed by atoms with Crippen molar-refractivity contribution in [2.24, 2.45) is 4.99 Å². The summed E-state index contributed by atoms with van der Waals surface area (Å²) < 4.78 is 0. The minimum absolute atomic E-state index is 0.179. The van der Waals surface area contributed by atoms with Gasteiger partial charge in [0.15, 0.2) is 5.17 Å². The second-order valence-electron chi connectivity index (χ2n) is 5.44. The van der Waals surface area contributed by atoms with Crippen LogP contribution in [0.5, 0.6) is 0 Å². The normalized spacial score (nSPS) is 19.5. The molecular formula is C17H22N2O3S. The van der Waals surface area contributed by atoms with Gasteiger partial charge in [-0.15, -0.1) is 0 Å². The Bertz CT molecular complexity index is 574. The van der Waals surface area contributed by atoms with E-state index < -0.39 is 11.2 Å². The molecule has 1 N–H and O–H groups in total. The van der Waals surface area contributed by atoms with Crippen LogP contribution in [0, 0.1) is 0 Å². The second-order valence-corrected chi connectivity index (χ2v) is 6.61. The number of thioether (sulfide) groups is 1. The predicted octanol–water partition coefficient (Wildman–Crippen LogP) is 3.55. The molecule has 1 heterocycles. The van der Waals surface area contributed by atoms with Crippen LogP contribution in [-0.2, 0) is 9.59 Å². The maximum absolute atomic E-state index is 12.5. The Morgan fingerprint density at radius 2 is 2.00 bits per heavy atom. The number of nitrogens with zero attached hydrogens (tertiary/aromatic N) is 2. The van der Waals surface area contributed by atoms with E-state index in [4.69, 9.17) is 5.11 Å². The quantitative estimate of drug-likeness (QED) is 0.738. The molecule has 0 spiro atoms. The van der Waals surface area contributed by atoms with Gasteiger partial charge in [0.1, 0.15) is 5.25 Å². The first-order valence-electron chi connectivity index (χ1n) is 7.95. The van der Waals surface area contributed by atoms with Crippen molar-refractivity contribution in [1.82, 2.24) is 0 Å². The second kappa shape index (κ2) is 8.72. The molecule has 0 saturated carbocycles. The third-order valence-corrected chi connectivity index (χ3v) is 4.74. The van der Waals surface area contributed by atoms with Gasteiger partial charge in [-0.25, -0.2) is 0 Å². The Labute approximate surface area is 140 Å². The van der Waals surface area contributed by atoms with Crippen molar-refractivity contribution in [3.63, 3.8) is 0 Å². The van der Waals surface area contributed by atoms with Crippen LogP contribution in [0.25, 0.3) is 0 Å². The number of para-hydroxylation sites is 1. The molecule has 1 fully saturated rings. The van der Waals surface area contributed by atoms with Crippen LogP contribution in [0.2, 0.25) is 0 Å². The minimum atomic E-state index is -0.965. The standard InChI is InChI=1S/C17H22N2O3S/c1-2-3-4-8-11-18-17-19(13-9-6-5-7-10-13)16(22)14(23-17)12-15(20)21/h5-7,9-10,14H,2-4,8,11-12H2,1H3,(H,20,21). The van der Waals surface area contributed by atoms with Gasteiger partial charge in [0.2, 0.25) is 5.91 Å². The van der Waals surface area contributed by atoms with Crippen molar-refractivity contribution >= 4 is 34.5 Å². The molecule has 23 heavy (non-hydrogen) atoms. The maximum atomic E-state index is 12.5. The smallest absolute Gasteiger partial charge is 0.305 e. The first kappa shape index (κ1) is 17.5. The Balaban J connectivity index is 2.14. The Kier molecular flexibility index (Phi) is 6.65. The highest BCUT2D eigenvalue weighted by Crippen LogP contribution is 2.33. The summed E-state index contributed by atoms with van der Waals surface area (Å²) in [5.74, 6) is -1.16. The molecule has 1 aliphatic rings. The highest BCUT2D eigenvalue weighted by molar-refractivity contribution is 8.16. The van der Waals surface area contributed by atoms with Crippen molar-refractivity contribution in [3.8, 4) is 0 Å². The van der Waals surface area contributed by atoms with Crippen molar-refractivity contribution in [2.75, 3.05) is 11.4 Å². The van der Waals surface area contributed by atoms with E-state index in [1.807, 2.05) is 30.3 Å². The third-order valence-electron chi connectivity index (χ3n) is 3.57. The molecule has 1 saturated heterocycles. The van der Waals surface area contributed by atoms with Crippen LogP contribution < -0.4 is 4.90 Å². The lowest BCUT2D eigenvalue weighted by atomic mass is 10.2. The molecule has 1 amide bonds. The summed E-state index contributed by atoms with van der Waals surface area (Å²) in [6.07, 6.45) is 4.28. The number of hydrogen-bond acceptors (Lipinski definition) is 4. The minimum Gasteiger partial charge on any atom is -0.481 e. The molecule has 6 heteroatoms. The average molecular weight is 334 g/mol. The number of carboxylic acid groups (broad SMARTS) is 1. The summed E-state index contributed by atoms with van der Waals surface area (Å²) in [6, 6.07) is 9.28. The lowest BCUT2D eigenvalue weighted by Gasteiger charge is -2.16. The number of benzene rings is 1. The molecule has 1 atom stereocenters. The van der Waals surface area contributed by atoms with Gasteiger partial charge in [-0.3, -0.25) is 19.5 Å². The van der Waals surface area contributed by atoms with Crippen LogP contribution in [0.3, 0.4) is 0 Å². The molecule has 1 aliphatic heterocycles. The van der Waals surface area contributed by atoms with E-state index in [9.17, 15) is 9.59 Å². The van der Waals surface area contributed by atoms with Gasteiger partial charge < -0.3 is 5.11 Å². The van der Waals surface area contributed by atoms with Crippen molar-refractivity contribution < 1.29 is 14.7 Å². The van der Waals surface area contributed by atoms with E-state index in [0.29, 0.717) is 11.7 Å². The van der Waals surface area contributed by atoms with E-state index in [1.54, 1.807) is 4.90 Å². The summed E-state index contributed by atoms with van der Waals surface area (Å²) in [7, 11) is 0. The molecule has 1 unspecified atom stereocenters. The van der Waals surface area contributed by atoms with Crippen LogP contribution >= 0.6 is 11.8 Å². The van der Waals surface area contributed by atoms with Crippen molar-refractivity contribution in [3.05, 3.63) is 30.3 Å². The number of aliphatic imine (C=N–C) groups is 1. The fourth-order valence-electron chi connectivity index (χ4n) is 2.39. The number of carbonyl (C=O) groups is 2. The van der Waals surface area contributed by atoms with Crippen molar-refractivity contribution in [2.45, 2.75) is 44.3 Å². The fourth-order valence-corrected chi connectivity index (χ4v) is 3.55. The number of anilines is 1. The van der Waals surface area contributed by atoms with Crippen molar-refractivity contribution in [1.29, 1.82) is 0 Å². The number of carbonyl (C=O) groups excluding carboxylic acids is 1. The zero-order valence-electron chi connectivity index (χ0n) is 13.3. The highest BCUT2D eigenvalue weighted by atomic mass is 32.2. The molecule has 0 bridgehead atoms. The summed E-state index contributed by atoms with van der Waals surface area (Å²) >= 11 is 1.26. The summed E-state index contributed by atoms with van der Waals surface area (Å²) in [5, 5.41) is 9.00. The van der Waals surface area contributed by atoms with Gasteiger partial charge in [0.05, 0.1) is 12.1 Å². The molecule has 0 aromatic heterocycles. The average Bonchev–Trinajstić information content (AvgIpc) is 2.83. The number of carboxylic acids is 1. The largest absolute Gasteiger partial charge is 0.481 e. The van der Waals surface area contributed by atoms with E-state index >= 15 is 0 Å². The van der Waals surface area contributed by atoms with Gasteiger partial charge in [0, 0.05) is 6.54 Å². The lowest BCUT2D eigenvalue weighted by Crippen LogP contribution is -2.32. The molecule has 0 aliphatic carbocycles. The highest BCUT2D eigenvalue weighted by Gasteiger charge is 2.39. The van der Waals surface area contributed by atoms with Gasteiger partial charge in [-0.2, -0.15) is 0 Å². The fraction of sp³-hybridized carbons (Fsp3) is 0.471. The predicted molar refractivity (Wildman–Crippen MR) is 94.0 cm³/mol. The topological polar surface area (TPSA) is 70.0 Å². The first-order chi connectivity index (χ1) is 11.1. The Hall–Kier alpha value is -1.82. The molecule has 1 aromatic carbocycles. The van der Waals surface area contributed by atoms with Crippen LogP contribution in [0.15, 0.2) is 35.3 Å². The SMILES string of the molecule is CCCCCCN=C1SC(CC(=O)O)C(=O)N1c1ccccc1. The van der Waals surface area contributed by atoms with E-state index in [2.05, 4.69) is 11.9 Å². The van der Waals surface area contributed by atoms with E-state index in [-0.39, 0.29) is 12.3 Å². The number of unbranched alkanes of at least 4 members (excludes halogenated alkanes) is 3. The molecule has 2 rings (SSSR count). The van der Waals surface area contributed by atoms with Crippen LogP contribution in [0.4, 0.5) is 5.69 Å². The molecular weight excluding hydrogens is 312 g/mol. The van der Waals surface area contributed by atoms with Crippen LogP contribution in [0.1, 0.15) is 39.0 Å². The summed E-state index contributed by atoms with van der Waals surface area (Å²) in [4.78, 5) is 29.6. The molecule has 5 nitrogen and oxygen atoms in total. The monoisotopic (exact) mass is 334 g/mol. The lowest BCUT2D eigenvalue weighted by molar-refractivity contribution is -0.138. The first-order valence-corrected chi connectivity index (χ1v) is 8.83. The number of amides is 1. The zero-order chi connectivity index (χ0) is 16.7. The third kappa shape index (κ3) is 4.82. The number of rotatable bonds is 8. The number of amidine groups is 1. The van der Waals surface area contributed by atoms with E-state index in [1.165, 1.54) is 24.6 Å². The molecule has 0 radical (unpaired) electrons. The Morgan fingerprint density at radius 1 is 1.26 bits per heavy atom.